The van der Waals surface area contributed by atoms with Gasteiger partial charge in [0, 0.05) is 6.54 Å². The van der Waals surface area contributed by atoms with Gasteiger partial charge in [0.05, 0.1) is 23.7 Å². The predicted octanol–water partition coefficient (Wildman–Crippen LogP) is 1.43. The number of rotatable bonds is 2. The molecule has 5 heteroatoms. The van der Waals surface area contributed by atoms with Crippen molar-refractivity contribution >= 4 is 21.4 Å². The third kappa shape index (κ3) is 1.90. The smallest absolute Gasteiger partial charge is 0.237 e. The van der Waals surface area contributed by atoms with Crippen molar-refractivity contribution in [3.63, 3.8) is 0 Å². The first-order valence-electron chi connectivity index (χ1n) is 5.09. The van der Waals surface area contributed by atoms with Gasteiger partial charge >= 0.3 is 0 Å². The van der Waals surface area contributed by atoms with Crippen LogP contribution in [0.1, 0.15) is 0 Å². The van der Waals surface area contributed by atoms with Crippen molar-refractivity contribution in [2.45, 2.75) is 0 Å². The summed E-state index contributed by atoms with van der Waals surface area (Å²) in [6, 6.07) is 7.40. The molecule has 1 aliphatic heterocycles. The van der Waals surface area contributed by atoms with Crippen LogP contribution in [0.5, 0.6) is 0 Å². The van der Waals surface area contributed by atoms with Gasteiger partial charge in [0.15, 0.2) is 0 Å². The van der Waals surface area contributed by atoms with Gasteiger partial charge in [-0.2, -0.15) is 0 Å². The Kier molecular flexibility index (Phi) is 2.87. The van der Waals surface area contributed by atoms with Crippen molar-refractivity contribution < 1.29 is 8.42 Å². The second-order valence-electron chi connectivity index (χ2n) is 3.58. The maximum absolute atomic E-state index is 12.0. The molecule has 4 nitrogen and oxygen atoms in total. The highest BCUT2D eigenvalue weighted by Gasteiger charge is 2.25. The van der Waals surface area contributed by atoms with Crippen molar-refractivity contribution in [2.24, 2.45) is 0 Å². The molecule has 0 radical (unpaired) electrons. The van der Waals surface area contributed by atoms with Crippen LogP contribution >= 0.6 is 0 Å². The molecule has 0 bridgehead atoms. The SMILES string of the molecule is C=CCN1c2ccccc2NCCS1(=O)=O. The number of nitrogens with zero attached hydrogens (tertiary/aromatic N) is 1. The Hall–Kier alpha value is -1.49. The predicted molar refractivity (Wildman–Crippen MR) is 66.3 cm³/mol. The molecule has 0 unspecified atom stereocenters. The third-order valence-corrected chi connectivity index (χ3v) is 4.22. The molecule has 16 heavy (non-hydrogen) atoms. The second kappa shape index (κ2) is 4.17. The van der Waals surface area contributed by atoms with E-state index in [0.717, 1.165) is 5.69 Å². The molecule has 0 fully saturated rings. The molecule has 1 aromatic rings. The molecular formula is C11H14N2O2S. The van der Waals surface area contributed by atoms with Crippen molar-refractivity contribution in [2.75, 3.05) is 28.5 Å². The van der Waals surface area contributed by atoms with Crippen LogP contribution in [0.25, 0.3) is 0 Å². The zero-order valence-electron chi connectivity index (χ0n) is 8.89. The van der Waals surface area contributed by atoms with E-state index in [2.05, 4.69) is 11.9 Å². The van der Waals surface area contributed by atoms with Crippen LogP contribution in [0.2, 0.25) is 0 Å². The van der Waals surface area contributed by atoms with Gasteiger partial charge in [-0.25, -0.2) is 8.42 Å². The van der Waals surface area contributed by atoms with Gasteiger partial charge in [-0.05, 0) is 12.1 Å². The molecule has 86 valence electrons. The first-order chi connectivity index (χ1) is 7.65. The minimum absolute atomic E-state index is 0.107. The van der Waals surface area contributed by atoms with Gasteiger partial charge in [0.1, 0.15) is 0 Å². The van der Waals surface area contributed by atoms with Crippen LogP contribution < -0.4 is 9.62 Å². The van der Waals surface area contributed by atoms with Crippen LogP contribution in [0.4, 0.5) is 11.4 Å². The van der Waals surface area contributed by atoms with E-state index in [-0.39, 0.29) is 5.75 Å². The average Bonchev–Trinajstić information content (AvgIpc) is 2.37. The van der Waals surface area contributed by atoms with Gasteiger partial charge in [-0.1, -0.05) is 18.2 Å². The summed E-state index contributed by atoms with van der Waals surface area (Å²) in [5.41, 5.74) is 1.55. The largest absolute Gasteiger partial charge is 0.382 e. The van der Waals surface area contributed by atoms with Gasteiger partial charge in [0.25, 0.3) is 0 Å². The monoisotopic (exact) mass is 238 g/mol. The summed E-state index contributed by atoms with van der Waals surface area (Å²) in [5.74, 6) is 0.107. The lowest BCUT2D eigenvalue weighted by Crippen LogP contribution is -2.32. The van der Waals surface area contributed by atoms with Crippen molar-refractivity contribution in [3.8, 4) is 0 Å². The van der Waals surface area contributed by atoms with E-state index < -0.39 is 10.0 Å². The standard InChI is InChI=1S/C11H14N2O2S/c1-2-8-13-11-6-4-3-5-10(11)12-7-9-16(13,14)15/h2-6,12H,1,7-9H2. The highest BCUT2D eigenvalue weighted by atomic mass is 32.2. The summed E-state index contributed by atoms with van der Waals surface area (Å²) >= 11 is 0. The Morgan fingerprint density at radius 3 is 2.94 bits per heavy atom. The fourth-order valence-electron chi connectivity index (χ4n) is 1.74. The quantitative estimate of drug-likeness (QED) is 0.793. The lowest BCUT2D eigenvalue weighted by atomic mass is 10.2. The second-order valence-corrected chi connectivity index (χ2v) is 5.59. The van der Waals surface area contributed by atoms with E-state index in [9.17, 15) is 8.42 Å². The molecule has 0 saturated carbocycles. The lowest BCUT2D eigenvalue weighted by Gasteiger charge is -2.21. The Labute approximate surface area is 95.6 Å². The summed E-state index contributed by atoms with van der Waals surface area (Å²) < 4.78 is 25.4. The number of fused-ring (bicyclic) bond motifs is 1. The Morgan fingerprint density at radius 1 is 1.44 bits per heavy atom. The molecule has 1 aliphatic rings. The van der Waals surface area contributed by atoms with E-state index in [1.165, 1.54) is 4.31 Å². The number of sulfonamides is 1. The summed E-state index contributed by atoms with van der Waals surface area (Å²) in [7, 11) is -3.24. The minimum atomic E-state index is -3.24. The zero-order chi connectivity index (χ0) is 11.6. The molecule has 0 aliphatic carbocycles. The van der Waals surface area contributed by atoms with E-state index >= 15 is 0 Å². The van der Waals surface area contributed by atoms with Gasteiger partial charge in [-0.3, -0.25) is 4.31 Å². The van der Waals surface area contributed by atoms with E-state index in [4.69, 9.17) is 0 Å². The molecular weight excluding hydrogens is 224 g/mol. The van der Waals surface area contributed by atoms with Crippen LogP contribution in [0, 0.1) is 0 Å². The zero-order valence-corrected chi connectivity index (χ0v) is 9.70. The van der Waals surface area contributed by atoms with Crippen molar-refractivity contribution in [1.29, 1.82) is 0 Å². The fourth-order valence-corrected chi connectivity index (χ4v) is 3.12. The van der Waals surface area contributed by atoms with E-state index in [1.807, 2.05) is 18.2 Å². The maximum Gasteiger partial charge on any atom is 0.237 e. The van der Waals surface area contributed by atoms with E-state index in [0.29, 0.717) is 18.8 Å². The average molecular weight is 238 g/mol. The summed E-state index contributed by atoms with van der Waals surface area (Å²) in [5, 5.41) is 3.11. The van der Waals surface area contributed by atoms with Crippen molar-refractivity contribution in [3.05, 3.63) is 36.9 Å². The molecule has 0 spiro atoms. The normalized spacial score (nSPS) is 18.1. The highest BCUT2D eigenvalue weighted by molar-refractivity contribution is 7.92. The van der Waals surface area contributed by atoms with E-state index in [1.54, 1.807) is 12.1 Å². The van der Waals surface area contributed by atoms with Crippen LogP contribution in [0.15, 0.2) is 36.9 Å². The fraction of sp³-hybridized carbons (Fsp3) is 0.273. The first-order valence-corrected chi connectivity index (χ1v) is 6.70. The molecule has 2 rings (SSSR count). The molecule has 0 aromatic heterocycles. The molecule has 1 heterocycles. The number of nitrogens with one attached hydrogen (secondary N) is 1. The topological polar surface area (TPSA) is 49.4 Å². The minimum Gasteiger partial charge on any atom is -0.382 e. The highest BCUT2D eigenvalue weighted by Crippen LogP contribution is 2.29. The third-order valence-electron chi connectivity index (χ3n) is 2.48. The van der Waals surface area contributed by atoms with Crippen LogP contribution in [0.3, 0.4) is 0 Å². The number of anilines is 2. The van der Waals surface area contributed by atoms with Crippen LogP contribution in [-0.4, -0.2) is 27.3 Å². The molecule has 0 saturated heterocycles. The summed E-state index contributed by atoms with van der Waals surface area (Å²) in [6.07, 6.45) is 1.60. The van der Waals surface area contributed by atoms with Crippen molar-refractivity contribution in [1.82, 2.24) is 0 Å². The Bertz CT molecular complexity index is 496. The number of benzene rings is 1. The molecule has 1 aromatic carbocycles. The van der Waals surface area contributed by atoms with Crippen LogP contribution in [-0.2, 0) is 10.0 Å². The number of hydrogen-bond donors (Lipinski definition) is 1. The summed E-state index contributed by atoms with van der Waals surface area (Å²) in [4.78, 5) is 0. The summed E-state index contributed by atoms with van der Waals surface area (Å²) in [6.45, 7) is 4.34. The van der Waals surface area contributed by atoms with Gasteiger partial charge in [0.2, 0.25) is 10.0 Å². The Morgan fingerprint density at radius 2 is 2.19 bits per heavy atom. The maximum atomic E-state index is 12.0. The number of para-hydroxylation sites is 2. The number of hydrogen-bond acceptors (Lipinski definition) is 3. The lowest BCUT2D eigenvalue weighted by molar-refractivity contribution is 0.594. The molecule has 0 amide bonds. The van der Waals surface area contributed by atoms with Gasteiger partial charge < -0.3 is 5.32 Å². The van der Waals surface area contributed by atoms with Gasteiger partial charge in [-0.15, -0.1) is 6.58 Å². The molecule has 1 N–H and O–H groups in total. The first kappa shape index (κ1) is 11.0. The molecule has 0 atom stereocenters. The Balaban J connectivity index is 2.54.